The molecule has 128 valence electrons. The zero-order valence-corrected chi connectivity index (χ0v) is 12.4. The van der Waals surface area contributed by atoms with Gasteiger partial charge in [-0.1, -0.05) is 5.16 Å². The standard InChI is InChI=1S/C14H17F3N2O4/c1-9(19-23-12-4-2-3-7-22-12)11-8-10(5-6-18-11)13(20,21)14(15,16)17/h5-6,8,12,20-21H,2-4,7H2,1H3/b19-9+. The molecule has 1 atom stereocenters. The Morgan fingerprint density at radius 3 is 2.74 bits per heavy atom. The number of pyridine rings is 1. The van der Waals surface area contributed by atoms with Crippen LogP contribution in [0.25, 0.3) is 0 Å². The first-order valence-electron chi connectivity index (χ1n) is 7.02. The number of alkyl halides is 3. The van der Waals surface area contributed by atoms with E-state index in [2.05, 4.69) is 10.1 Å². The number of aromatic nitrogens is 1. The van der Waals surface area contributed by atoms with E-state index < -0.39 is 23.8 Å². The molecule has 0 radical (unpaired) electrons. The van der Waals surface area contributed by atoms with Gasteiger partial charge in [-0.3, -0.25) is 4.98 Å². The maximum Gasteiger partial charge on any atom is 0.447 e. The quantitative estimate of drug-likeness (QED) is 0.500. The molecule has 0 aromatic carbocycles. The van der Waals surface area contributed by atoms with E-state index in [9.17, 15) is 23.4 Å². The van der Waals surface area contributed by atoms with Crippen molar-refractivity contribution >= 4 is 5.71 Å². The van der Waals surface area contributed by atoms with Gasteiger partial charge >= 0.3 is 6.18 Å². The summed E-state index contributed by atoms with van der Waals surface area (Å²) in [7, 11) is 0. The first kappa shape index (κ1) is 17.6. The van der Waals surface area contributed by atoms with Crippen LogP contribution in [0.2, 0.25) is 0 Å². The Morgan fingerprint density at radius 1 is 1.39 bits per heavy atom. The Morgan fingerprint density at radius 2 is 2.13 bits per heavy atom. The molecule has 9 heteroatoms. The van der Waals surface area contributed by atoms with Gasteiger partial charge in [-0.05, 0) is 31.9 Å². The first-order chi connectivity index (χ1) is 10.7. The summed E-state index contributed by atoms with van der Waals surface area (Å²) < 4.78 is 43.3. The third-order valence-corrected chi connectivity index (χ3v) is 3.37. The van der Waals surface area contributed by atoms with Crippen molar-refractivity contribution in [1.29, 1.82) is 0 Å². The van der Waals surface area contributed by atoms with E-state index in [4.69, 9.17) is 9.57 Å². The minimum atomic E-state index is -5.23. The fourth-order valence-electron chi connectivity index (χ4n) is 1.99. The van der Waals surface area contributed by atoms with Crippen LogP contribution in [0.1, 0.15) is 37.4 Å². The first-order valence-corrected chi connectivity index (χ1v) is 7.02. The molecule has 1 aliphatic rings. The average molecular weight is 334 g/mol. The topological polar surface area (TPSA) is 84.2 Å². The molecule has 0 bridgehead atoms. The number of oxime groups is 1. The highest BCUT2D eigenvalue weighted by Gasteiger charge is 2.54. The number of nitrogens with zero attached hydrogens (tertiary/aromatic N) is 2. The molecular weight excluding hydrogens is 317 g/mol. The van der Waals surface area contributed by atoms with Crippen LogP contribution >= 0.6 is 0 Å². The lowest BCUT2D eigenvalue weighted by Gasteiger charge is -2.25. The predicted molar refractivity (Wildman–Crippen MR) is 73.3 cm³/mol. The zero-order chi connectivity index (χ0) is 17.1. The van der Waals surface area contributed by atoms with E-state index in [1.807, 2.05) is 0 Å². The summed E-state index contributed by atoms with van der Waals surface area (Å²) in [6, 6.07) is 1.77. The van der Waals surface area contributed by atoms with E-state index in [0.717, 1.165) is 31.2 Å². The van der Waals surface area contributed by atoms with Gasteiger partial charge in [-0.25, -0.2) is 0 Å². The van der Waals surface area contributed by atoms with Crippen LogP contribution in [-0.4, -0.2) is 40.0 Å². The second-order valence-electron chi connectivity index (χ2n) is 5.18. The van der Waals surface area contributed by atoms with Crippen LogP contribution in [0.15, 0.2) is 23.5 Å². The maximum atomic E-state index is 12.7. The number of aliphatic hydroxyl groups is 2. The molecule has 1 aromatic rings. The van der Waals surface area contributed by atoms with Gasteiger partial charge in [0.2, 0.25) is 6.29 Å². The molecule has 6 nitrogen and oxygen atoms in total. The normalized spacial score (nSPS) is 20.4. The van der Waals surface area contributed by atoms with Crippen LogP contribution in [0, 0.1) is 0 Å². The van der Waals surface area contributed by atoms with Gasteiger partial charge in [-0.15, -0.1) is 0 Å². The lowest BCUT2D eigenvalue weighted by Crippen LogP contribution is -2.42. The monoisotopic (exact) mass is 334 g/mol. The van der Waals surface area contributed by atoms with Crippen LogP contribution in [0.5, 0.6) is 0 Å². The van der Waals surface area contributed by atoms with E-state index in [1.165, 1.54) is 6.92 Å². The van der Waals surface area contributed by atoms with Gasteiger partial charge in [0.15, 0.2) is 0 Å². The van der Waals surface area contributed by atoms with Crippen molar-refractivity contribution in [2.45, 2.75) is 44.4 Å². The molecule has 2 heterocycles. The minimum Gasteiger partial charge on any atom is -0.363 e. The van der Waals surface area contributed by atoms with Crippen LogP contribution in [0.3, 0.4) is 0 Å². The molecule has 0 spiro atoms. The van der Waals surface area contributed by atoms with E-state index in [1.54, 1.807) is 0 Å². The van der Waals surface area contributed by atoms with Gasteiger partial charge < -0.3 is 19.8 Å². The maximum absolute atomic E-state index is 12.7. The SMILES string of the molecule is C/C(=N\OC1CCCCO1)c1cc(C(O)(O)C(F)(F)F)ccn1. The molecule has 0 amide bonds. The van der Waals surface area contributed by atoms with E-state index >= 15 is 0 Å². The second kappa shape index (κ2) is 6.81. The molecule has 1 aliphatic heterocycles. The molecule has 1 aromatic heterocycles. The van der Waals surface area contributed by atoms with E-state index in [-0.39, 0.29) is 11.4 Å². The molecule has 1 unspecified atom stereocenters. The predicted octanol–water partition coefficient (Wildman–Crippen LogP) is 2.05. The fourth-order valence-corrected chi connectivity index (χ4v) is 1.99. The number of ether oxygens (including phenoxy) is 1. The van der Waals surface area contributed by atoms with Gasteiger partial charge in [0, 0.05) is 18.2 Å². The fraction of sp³-hybridized carbons (Fsp3) is 0.571. The Balaban J connectivity index is 2.15. The Kier molecular flexibility index (Phi) is 5.23. The van der Waals surface area contributed by atoms with E-state index in [0.29, 0.717) is 13.0 Å². The van der Waals surface area contributed by atoms with Gasteiger partial charge in [0.25, 0.3) is 5.79 Å². The summed E-state index contributed by atoms with van der Waals surface area (Å²) in [6.07, 6.45) is -2.13. The van der Waals surface area contributed by atoms with Crippen molar-refractivity contribution < 1.29 is 33.0 Å². The van der Waals surface area contributed by atoms with Crippen molar-refractivity contribution in [2.24, 2.45) is 5.16 Å². The Bertz CT molecular complexity index is 569. The summed E-state index contributed by atoms with van der Waals surface area (Å²) in [4.78, 5) is 9.03. The minimum absolute atomic E-state index is 0.0371. The summed E-state index contributed by atoms with van der Waals surface area (Å²) in [5.41, 5.74) is -0.521. The lowest BCUT2D eigenvalue weighted by atomic mass is 10.1. The molecule has 0 saturated carbocycles. The molecule has 1 saturated heterocycles. The largest absolute Gasteiger partial charge is 0.447 e. The Hall–Kier alpha value is -1.71. The molecule has 0 aliphatic carbocycles. The highest BCUT2D eigenvalue weighted by molar-refractivity contribution is 5.96. The van der Waals surface area contributed by atoms with Crippen molar-refractivity contribution in [3.05, 3.63) is 29.6 Å². The molecular formula is C14H17F3N2O4. The highest BCUT2D eigenvalue weighted by atomic mass is 19.4. The van der Waals surface area contributed by atoms with Crippen molar-refractivity contribution in [1.82, 2.24) is 4.98 Å². The molecule has 1 fully saturated rings. The molecule has 2 N–H and O–H groups in total. The van der Waals surface area contributed by atoms with Gasteiger partial charge in [0.05, 0.1) is 12.3 Å². The average Bonchev–Trinajstić information content (AvgIpc) is 2.52. The third kappa shape index (κ3) is 4.18. The summed E-state index contributed by atoms with van der Waals surface area (Å²) in [6.45, 7) is 2.05. The van der Waals surface area contributed by atoms with Crippen molar-refractivity contribution in [3.63, 3.8) is 0 Å². The smallest absolute Gasteiger partial charge is 0.363 e. The second-order valence-corrected chi connectivity index (χ2v) is 5.18. The summed E-state index contributed by atoms with van der Waals surface area (Å²) in [5.74, 6) is -3.96. The zero-order valence-electron chi connectivity index (χ0n) is 12.4. The molecule has 2 rings (SSSR count). The van der Waals surface area contributed by atoms with Crippen molar-refractivity contribution in [3.8, 4) is 0 Å². The van der Waals surface area contributed by atoms with Crippen molar-refractivity contribution in [2.75, 3.05) is 6.61 Å². The van der Waals surface area contributed by atoms with Crippen LogP contribution in [-0.2, 0) is 15.4 Å². The van der Waals surface area contributed by atoms with Gasteiger partial charge in [-0.2, -0.15) is 13.2 Å². The number of hydrogen-bond donors (Lipinski definition) is 2. The lowest BCUT2D eigenvalue weighted by molar-refractivity contribution is -0.358. The van der Waals surface area contributed by atoms with Gasteiger partial charge in [0.1, 0.15) is 5.71 Å². The summed E-state index contributed by atoms with van der Waals surface area (Å²) in [5, 5.41) is 22.3. The third-order valence-electron chi connectivity index (χ3n) is 3.37. The number of rotatable bonds is 4. The van der Waals surface area contributed by atoms with Crippen LogP contribution in [0.4, 0.5) is 13.2 Å². The number of halogens is 3. The number of hydrogen-bond acceptors (Lipinski definition) is 6. The highest BCUT2D eigenvalue weighted by Crippen LogP contribution is 2.36. The summed E-state index contributed by atoms with van der Waals surface area (Å²) >= 11 is 0. The Labute approximate surface area is 130 Å². The van der Waals surface area contributed by atoms with Crippen LogP contribution < -0.4 is 0 Å². The molecule has 23 heavy (non-hydrogen) atoms.